The lowest BCUT2D eigenvalue weighted by atomic mass is 10.00. The van der Waals surface area contributed by atoms with Crippen LogP contribution < -0.4 is 15.2 Å². The third-order valence-corrected chi connectivity index (χ3v) is 8.24. The molecular weight excluding hydrogens is 506 g/mol. The van der Waals surface area contributed by atoms with Crippen LogP contribution in [0.5, 0.6) is 5.75 Å². The lowest BCUT2D eigenvalue weighted by Crippen LogP contribution is -2.42. The number of aromatic nitrogens is 3. The van der Waals surface area contributed by atoms with Gasteiger partial charge in [-0.15, -0.1) is 10.2 Å². The first-order valence-electron chi connectivity index (χ1n) is 11.7. The van der Waals surface area contributed by atoms with E-state index in [9.17, 15) is 9.59 Å². The lowest BCUT2D eigenvalue weighted by Gasteiger charge is -2.17. The molecule has 1 amide bonds. The molecule has 0 spiro atoms. The van der Waals surface area contributed by atoms with Crippen molar-refractivity contribution in [3.8, 4) is 11.4 Å². The number of ether oxygens (including phenoxy) is 1. The van der Waals surface area contributed by atoms with E-state index in [-0.39, 0.29) is 5.91 Å². The average molecular weight is 532 g/mol. The van der Waals surface area contributed by atoms with E-state index in [4.69, 9.17) is 21.3 Å². The summed E-state index contributed by atoms with van der Waals surface area (Å²) in [5, 5.41) is 13.1. The highest BCUT2D eigenvalue weighted by Crippen LogP contribution is 2.32. The number of rotatable bonds is 5. The number of halogens is 1. The molecule has 0 saturated carbocycles. The Kier molecular flexibility index (Phi) is 6.45. The van der Waals surface area contributed by atoms with Gasteiger partial charge in [0.25, 0.3) is 5.91 Å². The molecule has 0 saturated heterocycles. The first-order valence-corrected chi connectivity index (χ1v) is 15.1. The van der Waals surface area contributed by atoms with Gasteiger partial charge in [-0.1, -0.05) is 35.9 Å². The molecule has 1 aliphatic heterocycles. The molecule has 5 rings (SSSR count). The lowest BCUT2D eigenvalue weighted by molar-refractivity contribution is 0.0936. The number of hydrogen-bond acceptors (Lipinski definition) is 6. The predicted octanol–water partition coefficient (Wildman–Crippen LogP) is 3.92. The van der Waals surface area contributed by atoms with E-state index in [0.717, 1.165) is 22.0 Å². The van der Waals surface area contributed by atoms with E-state index >= 15 is 0 Å². The smallest absolute Gasteiger partial charge is 0.253 e. The Morgan fingerprint density at radius 2 is 1.84 bits per heavy atom. The summed E-state index contributed by atoms with van der Waals surface area (Å²) in [4.78, 5) is 29.0. The maximum atomic E-state index is 13.4. The standard InChI is InChI=1S/C27H26ClN5O3Si/c1-16-31-32-26-25(30-27(34)18-6-5-7-21(14-18)37(3,4)35)29-24(17-8-10-19(28)11-9-17)22-15-20(36-2)12-13-23(22)33(16)26/h5-15,25,35H,1-4H3,(H,30,34)/t25-/m0/s1. The van der Waals surface area contributed by atoms with Crippen LogP contribution in [0.4, 0.5) is 0 Å². The minimum Gasteiger partial charge on any atom is -0.497 e. The number of carbonyl (C=O) groups is 1. The second-order valence-electron chi connectivity index (χ2n) is 9.32. The van der Waals surface area contributed by atoms with Gasteiger partial charge in [-0.3, -0.25) is 14.4 Å². The zero-order chi connectivity index (χ0) is 26.3. The number of aliphatic imine (C=N–C) groups is 1. The second-order valence-corrected chi connectivity index (χ2v) is 13.5. The Balaban J connectivity index is 1.66. The van der Waals surface area contributed by atoms with Crippen molar-refractivity contribution < 1.29 is 14.3 Å². The quantitative estimate of drug-likeness (QED) is 0.380. The van der Waals surface area contributed by atoms with Crippen LogP contribution in [0.3, 0.4) is 0 Å². The van der Waals surface area contributed by atoms with Crippen molar-refractivity contribution >= 4 is 36.7 Å². The van der Waals surface area contributed by atoms with Crippen LogP contribution in [-0.2, 0) is 0 Å². The van der Waals surface area contributed by atoms with E-state index in [1.54, 1.807) is 37.4 Å². The molecule has 1 aromatic heterocycles. The minimum absolute atomic E-state index is 0.333. The van der Waals surface area contributed by atoms with Crippen LogP contribution in [0, 0.1) is 6.92 Å². The monoisotopic (exact) mass is 531 g/mol. The van der Waals surface area contributed by atoms with Gasteiger partial charge in [-0.2, -0.15) is 0 Å². The van der Waals surface area contributed by atoms with E-state index in [1.807, 2.05) is 61.0 Å². The number of nitrogens with one attached hydrogen (secondary N) is 1. The van der Waals surface area contributed by atoms with Crippen molar-refractivity contribution in [1.82, 2.24) is 20.1 Å². The second kappa shape index (κ2) is 9.58. The number of aryl methyl sites for hydroxylation is 1. The summed E-state index contributed by atoms with van der Waals surface area (Å²) in [5.74, 6) is 1.47. The molecule has 0 radical (unpaired) electrons. The Bertz CT molecular complexity index is 1530. The zero-order valence-electron chi connectivity index (χ0n) is 20.9. The van der Waals surface area contributed by atoms with E-state index in [0.29, 0.717) is 33.7 Å². The summed E-state index contributed by atoms with van der Waals surface area (Å²) in [7, 11) is -0.982. The normalized spacial score (nSPS) is 14.8. The molecule has 10 heteroatoms. The van der Waals surface area contributed by atoms with Gasteiger partial charge in [-0.05, 0) is 67.7 Å². The van der Waals surface area contributed by atoms with Crippen LogP contribution in [-0.4, -0.2) is 46.6 Å². The highest BCUT2D eigenvalue weighted by atomic mass is 35.5. The van der Waals surface area contributed by atoms with E-state index in [2.05, 4.69) is 15.5 Å². The van der Waals surface area contributed by atoms with Crippen LogP contribution in [0.2, 0.25) is 18.1 Å². The molecule has 2 heterocycles. The molecule has 4 aromatic rings. The van der Waals surface area contributed by atoms with Crippen LogP contribution in [0.25, 0.3) is 5.69 Å². The molecule has 37 heavy (non-hydrogen) atoms. The fourth-order valence-corrected chi connectivity index (χ4v) is 5.46. The highest BCUT2D eigenvalue weighted by molar-refractivity contribution is 6.83. The fraction of sp³-hybridized carbons (Fsp3) is 0.185. The number of methoxy groups -OCH3 is 1. The van der Waals surface area contributed by atoms with E-state index < -0.39 is 14.5 Å². The molecule has 188 valence electrons. The van der Waals surface area contributed by atoms with Gasteiger partial charge < -0.3 is 14.8 Å². The van der Waals surface area contributed by atoms with Crippen molar-refractivity contribution in [2.24, 2.45) is 4.99 Å². The molecular formula is C27H26ClN5O3Si. The van der Waals surface area contributed by atoms with Crippen LogP contribution in [0.1, 0.15) is 39.3 Å². The van der Waals surface area contributed by atoms with E-state index in [1.165, 1.54) is 0 Å². The maximum absolute atomic E-state index is 13.4. The maximum Gasteiger partial charge on any atom is 0.253 e. The van der Waals surface area contributed by atoms with Crippen molar-refractivity contribution in [2.75, 3.05) is 7.11 Å². The Labute approximate surface area is 220 Å². The third kappa shape index (κ3) is 4.80. The topological polar surface area (TPSA) is 102 Å². The molecule has 1 atom stereocenters. The van der Waals surface area contributed by atoms with Gasteiger partial charge in [-0.25, -0.2) is 0 Å². The molecule has 0 aliphatic carbocycles. The predicted molar refractivity (Wildman–Crippen MR) is 146 cm³/mol. The highest BCUT2D eigenvalue weighted by Gasteiger charge is 2.30. The number of nitrogens with zero attached hydrogens (tertiary/aromatic N) is 4. The summed E-state index contributed by atoms with van der Waals surface area (Å²) in [6.07, 6.45) is -0.833. The number of amides is 1. The van der Waals surface area contributed by atoms with Gasteiger partial charge >= 0.3 is 0 Å². The summed E-state index contributed by atoms with van der Waals surface area (Å²) in [6, 6.07) is 20.2. The molecule has 2 N–H and O–H groups in total. The fourth-order valence-electron chi connectivity index (χ4n) is 4.32. The molecule has 0 unspecified atom stereocenters. The van der Waals surface area contributed by atoms with Crippen molar-refractivity contribution in [2.45, 2.75) is 26.2 Å². The van der Waals surface area contributed by atoms with Gasteiger partial charge in [0.05, 0.1) is 18.5 Å². The number of fused-ring (bicyclic) bond motifs is 3. The average Bonchev–Trinajstić information content (AvgIpc) is 3.21. The van der Waals surface area contributed by atoms with Crippen molar-refractivity contribution in [1.29, 1.82) is 0 Å². The largest absolute Gasteiger partial charge is 0.497 e. The first-order chi connectivity index (χ1) is 17.7. The minimum atomic E-state index is -2.59. The first kappa shape index (κ1) is 24.9. The summed E-state index contributed by atoms with van der Waals surface area (Å²) < 4.78 is 7.40. The molecule has 0 bridgehead atoms. The summed E-state index contributed by atoms with van der Waals surface area (Å²) in [6.45, 7) is 5.48. The molecule has 3 aromatic carbocycles. The number of hydrogen-bond donors (Lipinski definition) is 2. The van der Waals surface area contributed by atoms with Gasteiger partial charge in [0.15, 0.2) is 12.0 Å². The van der Waals surface area contributed by atoms with Crippen molar-refractivity contribution in [3.05, 3.63) is 100 Å². The summed E-state index contributed by atoms with van der Waals surface area (Å²) in [5.41, 5.74) is 3.53. The third-order valence-electron chi connectivity index (χ3n) is 6.27. The Morgan fingerprint density at radius 3 is 2.54 bits per heavy atom. The van der Waals surface area contributed by atoms with Crippen molar-refractivity contribution in [3.63, 3.8) is 0 Å². The zero-order valence-corrected chi connectivity index (χ0v) is 22.6. The Hall–Kier alpha value is -3.79. The summed E-state index contributed by atoms with van der Waals surface area (Å²) >= 11 is 6.16. The van der Waals surface area contributed by atoms with Gasteiger partial charge in [0.1, 0.15) is 11.6 Å². The van der Waals surface area contributed by atoms with Crippen LogP contribution >= 0.6 is 11.6 Å². The molecule has 8 nitrogen and oxygen atoms in total. The van der Waals surface area contributed by atoms with Gasteiger partial charge in [0.2, 0.25) is 8.32 Å². The van der Waals surface area contributed by atoms with Gasteiger partial charge in [0, 0.05) is 21.7 Å². The number of carbonyl (C=O) groups excluding carboxylic acids is 1. The Morgan fingerprint density at radius 1 is 1.08 bits per heavy atom. The molecule has 1 aliphatic rings. The molecule has 0 fully saturated rings. The number of benzene rings is 3. The SMILES string of the molecule is COc1ccc2c(c1)C(c1ccc(Cl)cc1)=N[C@@H](NC(=O)c1cccc([Si](C)(C)O)c1)c1nnc(C)n1-2. The van der Waals surface area contributed by atoms with Crippen LogP contribution in [0.15, 0.2) is 71.7 Å².